The molecule has 0 saturated heterocycles. The summed E-state index contributed by atoms with van der Waals surface area (Å²) in [4.78, 5) is 11.4. The standard InChI is InChI=1S/C13H11BrO4/c1-17-9-6-8(13(3-4-13)12(15)16)10(14)7-2-5-18-11(7)9/h2,5-6H,3-4H2,1H3,(H,15,16). The number of carboxylic acid groups (broad SMARTS) is 1. The predicted octanol–water partition coefficient (Wildman–Crippen LogP) is 3.32. The molecule has 2 aromatic rings. The lowest BCUT2D eigenvalue weighted by Gasteiger charge is -2.14. The number of furan rings is 1. The lowest BCUT2D eigenvalue weighted by Crippen LogP contribution is -2.20. The van der Waals surface area contributed by atoms with Crippen LogP contribution in [-0.4, -0.2) is 18.2 Å². The molecule has 0 amide bonds. The van der Waals surface area contributed by atoms with Gasteiger partial charge in [0, 0.05) is 9.86 Å². The number of halogens is 1. The molecule has 0 radical (unpaired) electrons. The first kappa shape index (κ1) is 11.6. The van der Waals surface area contributed by atoms with Gasteiger partial charge in [-0.05, 0) is 46.5 Å². The molecule has 0 bridgehead atoms. The third-order valence-electron chi connectivity index (χ3n) is 3.53. The minimum Gasteiger partial charge on any atom is -0.493 e. The fraction of sp³-hybridized carbons (Fsp3) is 0.308. The second-order valence-electron chi connectivity index (χ2n) is 4.49. The van der Waals surface area contributed by atoms with Gasteiger partial charge in [0.25, 0.3) is 0 Å². The first-order valence-corrected chi connectivity index (χ1v) is 6.37. The van der Waals surface area contributed by atoms with E-state index in [9.17, 15) is 9.90 Å². The Hall–Kier alpha value is -1.49. The molecular weight excluding hydrogens is 300 g/mol. The number of benzene rings is 1. The Balaban J connectivity index is 2.30. The summed E-state index contributed by atoms with van der Waals surface area (Å²) in [7, 11) is 1.55. The number of hydrogen-bond acceptors (Lipinski definition) is 3. The maximum atomic E-state index is 11.4. The third kappa shape index (κ3) is 1.40. The molecule has 0 aliphatic heterocycles. The summed E-state index contributed by atoms with van der Waals surface area (Å²) in [5, 5.41) is 10.2. The first-order chi connectivity index (χ1) is 8.60. The molecule has 1 aliphatic carbocycles. The molecule has 1 aliphatic rings. The van der Waals surface area contributed by atoms with Crippen LogP contribution in [0, 0.1) is 0 Å². The van der Waals surface area contributed by atoms with Crippen LogP contribution >= 0.6 is 15.9 Å². The highest BCUT2D eigenvalue weighted by Gasteiger charge is 2.53. The molecule has 1 heterocycles. The van der Waals surface area contributed by atoms with Gasteiger partial charge in [-0.15, -0.1) is 0 Å². The Morgan fingerprint density at radius 1 is 1.56 bits per heavy atom. The SMILES string of the molecule is COc1cc(C2(C(=O)O)CC2)c(Br)c2ccoc12. The predicted molar refractivity (Wildman–Crippen MR) is 69.0 cm³/mol. The van der Waals surface area contributed by atoms with Crippen molar-refractivity contribution in [3.63, 3.8) is 0 Å². The van der Waals surface area contributed by atoms with E-state index in [0.717, 1.165) is 15.4 Å². The van der Waals surface area contributed by atoms with Crippen LogP contribution in [0.2, 0.25) is 0 Å². The van der Waals surface area contributed by atoms with E-state index < -0.39 is 11.4 Å². The van der Waals surface area contributed by atoms with Gasteiger partial charge in [-0.1, -0.05) is 0 Å². The number of fused-ring (bicyclic) bond motifs is 1. The van der Waals surface area contributed by atoms with Crippen molar-refractivity contribution in [3.05, 3.63) is 28.4 Å². The van der Waals surface area contributed by atoms with Crippen LogP contribution in [0.1, 0.15) is 18.4 Å². The Morgan fingerprint density at radius 3 is 2.83 bits per heavy atom. The maximum Gasteiger partial charge on any atom is 0.314 e. The van der Waals surface area contributed by atoms with E-state index >= 15 is 0 Å². The zero-order valence-electron chi connectivity index (χ0n) is 9.70. The summed E-state index contributed by atoms with van der Waals surface area (Å²) in [5.74, 6) is -0.214. The van der Waals surface area contributed by atoms with Gasteiger partial charge in [0.05, 0.1) is 18.8 Å². The van der Waals surface area contributed by atoms with Crippen molar-refractivity contribution in [2.75, 3.05) is 7.11 Å². The summed E-state index contributed by atoms with van der Waals surface area (Å²) in [5.41, 5.74) is 0.632. The topological polar surface area (TPSA) is 59.7 Å². The molecule has 3 rings (SSSR count). The van der Waals surface area contributed by atoms with Crippen LogP contribution in [0.3, 0.4) is 0 Å². The van der Waals surface area contributed by atoms with Gasteiger partial charge in [-0.25, -0.2) is 0 Å². The average molecular weight is 311 g/mol. The van der Waals surface area contributed by atoms with Crippen molar-refractivity contribution in [2.45, 2.75) is 18.3 Å². The number of rotatable bonds is 3. The molecule has 0 spiro atoms. The van der Waals surface area contributed by atoms with Crippen molar-refractivity contribution in [3.8, 4) is 5.75 Å². The van der Waals surface area contributed by atoms with E-state index in [1.807, 2.05) is 6.07 Å². The van der Waals surface area contributed by atoms with Gasteiger partial charge in [0.15, 0.2) is 11.3 Å². The number of ether oxygens (including phenoxy) is 1. The van der Waals surface area contributed by atoms with E-state index in [2.05, 4.69) is 15.9 Å². The lowest BCUT2D eigenvalue weighted by molar-refractivity contribution is -0.140. The largest absolute Gasteiger partial charge is 0.493 e. The third-order valence-corrected chi connectivity index (χ3v) is 4.39. The van der Waals surface area contributed by atoms with Gasteiger partial charge in [-0.3, -0.25) is 4.79 Å². The van der Waals surface area contributed by atoms with Crippen LogP contribution < -0.4 is 4.74 Å². The normalized spacial score (nSPS) is 16.8. The minimum absolute atomic E-state index is 0.570. The summed E-state index contributed by atoms with van der Waals surface area (Å²) in [6.45, 7) is 0. The van der Waals surface area contributed by atoms with Crippen molar-refractivity contribution in [2.24, 2.45) is 0 Å². The molecule has 1 fully saturated rings. The monoisotopic (exact) mass is 310 g/mol. The number of carbonyl (C=O) groups is 1. The second-order valence-corrected chi connectivity index (χ2v) is 5.28. The Labute approximate surface area is 112 Å². The van der Waals surface area contributed by atoms with Gasteiger partial charge in [0.2, 0.25) is 0 Å². The van der Waals surface area contributed by atoms with Crippen LogP contribution in [-0.2, 0) is 10.2 Å². The zero-order chi connectivity index (χ0) is 12.9. The van der Waals surface area contributed by atoms with Crippen molar-refractivity contribution >= 4 is 32.9 Å². The number of hydrogen-bond donors (Lipinski definition) is 1. The molecule has 0 atom stereocenters. The Kier molecular flexibility index (Phi) is 2.41. The van der Waals surface area contributed by atoms with E-state index in [-0.39, 0.29) is 0 Å². The molecule has 1 aromatic heterocycles. The molecule has 94 valence electrons. The van der Waals surface area contributed by atoms with Crippen molar-refractivity contribution < 1.29 is 19.1 Å². The fourth-order valence-electron chi connectivity index (χ4n) is 2.30. The van der Waals surface area contributed by atoms with Gasteiger partial charge in [0.1, 0.15) is 0 Å². The molecule has 1 aromatic carbocycles. The fourth-order valence-corrected chi connectivity index (χ4v) is 3.11. The van der Waals surface area contributed by atoms with E-state index in [4.69, 9.17) is 9.15 Å². The number of methoxy groups -OCH3 is 1. The smallest absolute Gasteiger partial charge is 0.314 e. The average Bonchev–Trinajstić information content (AvgIpc) is 3.00. The van der Waals surface area contributed by atoms with Gasteiger partial charge >= 0.3 is 5.97 Å². The number of aliphatic carboxylic acids is 1. The van der Waals surface area contributed by atoms with E-state index in [1.165, 1.54) is 0 Å². The van der Waals surface area contributed by atoms with Crippen LogP contribution in [0.25, 0.3) is 11.0 Å². The molecule has 5 heteroatoms. The van der Waals surface area contributed by atoms with Crippen LogP contribution in [0.5, 0.6) is 5.75 Å². The highest BCUT2D eigenvalue weighted by molar-refractivity contribution is 9.10. The first-order valence-electron chi connectivity index (χ1n) is 5.58. The highest BCUT2D eigenvalue weighted by Crippen LogP contribution is 2.53. The van der Waals surface area contributed by atoms with Gasteiger partial charge < -0.3 is 14.3 Å². The minimum atomic E-state index is -0.784. The molecule has 18 heavy (non-hydrogen) atoms. The van der Waals surface area contributed by atoms with Crippen LogP contribution in [0.4, 0.5) is 0 Å². The zero-order valence-corrected chi connectivity index (χ0v) is 11.3. The number of carboxylic acids is 1. The van der Waals surface area contributed by atoms with Crippen LogP contribution in [0.15, 0.2) is 27.3 Å². The molecule has 1 N–H and O–H groups in total. The lowest BCUT2D eigenvalue weighted by atomic mass is 9.94. The summed E-state index contributed by atoms with van der Waals surface area (Å²) >= 11 is 3.49. The molecule has 0 unspecified atom stereocenters. The highest BCUT2D eigenvalue weighted by atomic mass is 79.9. The van der Waals surface area contributed by atoms with Crippen molar-refractivity contribution in [1.82, 2.24) is 0 Å². The summed E-state index contributed by atoms with van der Waals surface area (Å²) in [6.07, 6.45) is 2.89. The van der Waals surface area contributed by atoms with Gasteiger partial charge in [-0.2, -0.15) is 0 Å². The molecule has 4 nitrogen and oxygen atoms in total. The Morgan fingerprint density at radius 2 is 2.28 bits per heavy atom. The quantitative estimate of drug-likeness (QED) is 0.944. The van der Waals surface area contributed by atoms with E-state index in [1.54, 1.807) is 19.4 Å². The Bertz CT molecular complexity index is 640. The molecular formula is C13H11BrO4. The van der Waals surface area contributed by atoms with E-state index in [0.29, 0.717) is 24.2 Å². The maximum absolute atomic E-state index is 11.4. The summed E-state index contributed by atoms with van der Waals surface area (Å²) in [6, 6.07) is 3.57. The molecule has 1 saturated carbocycles. The second kappa shape index (κ2) is 3.75. The summed E-state index contributed by atoms with van der Waals surface area (Å²) < 4.78 is 11.4. The van der Waals surface area contributed by atoms with Crippen molar-refractivity contribution in [1.29, 1.82) is 0 Å².